The van der Waals surface area contributed by atoms with Crippen molar-refractivity contribution in [2.75, 3.05) is 39.9 Å². The smallest absolute Gasteiger partial charge is 0.274 e. The van der Waals surface area contributed by atoms with Gasteiger partial charge in [0.1, 0.15) is 5.69 Å². The lowest BCUT2D eigenvalue weighted by atomic mass is 9.99. The van der Waals surface area contributed by atoms with E-state index in [1.54, 1.807) is 16.0 Å². The molecule has 2 aliphatic heterocycles. The molecule has 0 radical (unpaired) electrons. The first-order valence-corrected chi connectivity index (χ1v) is 10.2. The molecule has 2 amide bonds. The van der Waals surface area contributed by atoms with Gasteiger partial charge in [-0.2, -0.15) is 4.98 Å². The summed E-state index contributed by atoms with van der Waals surface area (Å²) in [5.74, 6) is 1.17. The van der Waals surface area contributed by atoms with Crippen molar-refractivity contribution in [3.05, 3.63) is 35.5 Å². The predicted molar refractivity (Wildman–Crippen MR) is 105 cm³/mol. The number of aromatic nitrogens is 4. The van der Waals surface area contributed by atoms with Crippen LogP contribution in [0.1, 0.15) is 46.7 Å². The molecule has 0 bridgehead atoms. The Labute approximate surface area is 174 Å². The second-order valence-corrected chi connectivity index (χ2v) is 7.90. The number of likely N-dealkylation sites (tertiary alicyclic amines) is 1. The van der Waals surface area contributed by atoms with Crippen LogP contribution in [0.4, 0.5) is 0 Å². The highest BCUT2D eigenvalue weighted by Gasteiger charge is 2.36. The molecule has 0 aliphatic carbocycles. The average Bonchev–Trinajstić information content (AvgIpc) is 3.20. The number of hydrogen-bond acceptors (Lipinski definition) is 8. The molecule has 160 valence electrons. The summed E-state index contributed by atoms with van der Waals surface area (Å²) in [4.78, 5) is 41.0. The number of amides is 2. The van der Waals surface area contributed by atoms with Crippen LogP contribution in [0.25, 0.3) is 0 Å². The monoisotopic (exact) mass is 414 g/mol. The molecule has 0 saturated carbocycles. The summed E-state index contributed by atoms with van der Waals surface area (Å²) in [6.45, 7) is 4.69. The van der Waals surface area contributed by atoms with Crippen LogP contribution in [0.2, 0.25) is 0 Å². The van der Waals surface area contributed by atoms with E-state index in [2.05, 4.69) is 20.1 Å². The summed E-state index contributed by atoms with van der Waals surface area (Å²) >= 11 is 0. The Morgan fingerprint density at radius 3 is 2.67 bits per heavy atom. The van der Waals surface area contributed by atoms with Gasteiger partial charge in [0, 0.05) is 58.4 Å². The minimum atomic E-state index is -0.147. The number of carbonyl (C=O) groups is 2. The fourth-order valence-corrected chi connectivity index (χ4v) is 3.63. The van der Waals surface area contributed by atoms with Crippen molar-refractivity contribution in [3.8, 4) is 0 Å². The molecule has 2 aromatic rings. The van der Waals surface area contributed by atoms with Crippen molar-refractivity contribution in [3.63, 3.8) is 0 Å². The van der Waals surface area contributed by atoms with Crippen molar-refractivity contribution in [1.29, 1.82) is 0 Å². The lowest BCUT2D eigenvalue weighted by Crippen LogP contribution is -2.48. The Hall–Kier alpha value is -2.88. The van der Waals surface area contributed by atoms with Gasteiger partial charge in [0.15, 0.2) is 5.82 Å². The third-order valence-corrected chi connectivity index (χ3v) is 5.62. The summed E-state index contributed by atoms with van der Waals surface area (Å²) in [5, 5.41) is 4.03. The summed E-state index contributed by atoms with van der Waals surface area (Å²) in [6, 6.07) is 0. The van der Waals surface area contributed by atoms with Crippen molar-refractivity contribution in [2.45, 2.75) is 32.1 Å². The van der Waals surface area contributed by atoms with E-state index in [-0.39, 0.29) is 23.7 Å². The van der Waals surface area contributed by atoms with E-state index < -0.39 is 0 Å². The molecule has 2 saturated heterocycles. The molecule has 2 aromatic heterocycles. The second-order valence-electron chi connectivity index (χ2n) is 7.90. The Bertz CT molecular complexity index is 887. The van der Waals surface area contributed by atoms with E-state index in [9.17, 15) is 9.59 Å². The maximum Gasteiger partial charge on any atom is 0.274 e. The Morgan fingerprint density at radius 1 is 1.20 bits per heavy atom. The Kier molecular flexibility index (Phi) is 6.03. The minimum Gasteiger partial charge on any atom is -0.381 e. The zero-order valence-electron chi connectivity index (χ0n) is 17.3. The van der Waals surface area contributed by atoms with E-state index in [0.29, 0.717) is 56.7 Å². The van der Waals surface area contributed by atoms with E-state index >= 15 is 0 Å². The normalized spacial score (nSPS) is 17.6. The number of ether oxygens (including phenoxy) is 1. The summed E-state index contributed by atoms with van der Waals surface area (Å²) in [7, 11) is 1.81. The molecule has 0 aromatic carbocycles. The Balaban J connectivity index is 1.24. The fraction of sp³-hybridized carbons (Fsp3) is 0.600. The lowest BCUT2D eigenvalue weighted by Gasteiger charge is -2.36. The van der Waals surface area contributed by atoms with Crippen molar-refractivity contribution < 1.29 is 18.8 Å². The molecular formula is C20H26N6O4. The molecule has 2 aliphatic rings. The van der Waals surface area contributed by atoms with E-state index in [0.717, 1.165) is 18.5 Å². The van der Waals surface area contributed by atoms with Crippen LogP contribution >= 0.6 is 0 Å². The highest BCUT2D eigenvalue weighted by Crippen LogP contribution is 2.27. The molecule has 2 fully saturated rings. The summed E-state index contributed by atoms with van der Waals surface area (Å²) < 4.78 is 10.7. The summed E-state index contributed by atoms with van der Waals surface area (Å²) in [6.07, 6.45) is 5.16. The fourth-order valence-electron chi connectivity index (χ4n) is 3.63. The number of aryl methyl sites for hydroxylation is 1. The molecule has 0 spiro atoms. The number of likely N-dealkylation sites (N-methyl/N-ethyl adjacent to an activating group) is 1. The second kappa shape index (κ2) is 8.86. The molecule has 0 unspecified atom stereocenters. The predicted octanol–water partition coefficient (Wildman–Crippen LogP) is 0.835. The zero-order chi connectivity index (χ0) is 21.1. The van der Waals surface area contributed by atoms with Gasteiger partial charge in [0.25, 0.3) is 5.91 Å². The molecular weight excluding hydrogens is 388 g/mol. The number of hydrogen-bond donors (Lipinski definition) is 0. The van der Waals surface area contributed by atoms with Crippen molar-refractivity contribution in [2.24, 2.45) is 5.92 Å². The molecule has 4 rings (SSSR count). The van der Waals surface area contributed by atoms with Crippen molar-refractivity contribution in [1.82, 2.24) is 29.9 Å². The molecule has 30 heavy (non-hydrogen) atoms. The topological polar surface area (TPSA) is 115 Å². The largest absolute Gasteiger partial charge is 0.381 e. The lowest BCUT2D eigenvalue weighted by molar-refractivity contribution is -0.137. The average molecular weight is 414 g/mol. The highest BCUT2D eigenvalue weighted by molar-refractivity contribution is 5.92. The number of carbonyl (C=O) groups excluding carboxylic acids is 2. The molecule has 10 nitrogen and oxygen atoms in total. The number of nitrogens with zero attached hydrogens (tertiary/aromatic N) is 6. The minimum absolute atomic E-state index is 0.0233. The van der Waals surface area contributed by atoms with Crippen LogP contribution in [-0.2, 0) is 16.0 Å². The summed E-state index contributed by atoms with van der Waals surface area (Å²) in [5.41, 5.74) is 1.11. The Morgan fingerprint density at radius 2 is 1.97 bits per heavy atom. The van der Waals surface area contributed by atoms with Gasteiger partial charge in [0.05, 0.1) is 17.8 Å². The SMILES string of the molecule is Cc1cnc(C(=O)N2CC(c3nc(CCN(C)C(=O)C4CCOCC4)no3)C2)cn1. The highest BCUT2D eigenvalue weighted by atomic mass is 16.5. The number of rotatable bonds is 6. The van der Waals surface area contributed by atoms with Gasteiger partial charge in [-0.1, -0.05) is 5.16 Å². The van der Waals surface area contributed by atoms with E-state index in [1.165, 1.54) is 6.20 Å². The first-order valence-electron chi connectivity index (χ1n) is 10.2. The molecule has 0 atom stereocenters. The van der Waals surface area contributed by atoms with Crippen LogP contribution < -0.4 is 0 Å². The van der Waals surface area contributed by atoms with Crippen LogP contribution in [0, 0.1) is 12.8 Å². The van der Waals surface area contributed by atoms with Crippen LogP contribution in [0.15, 0.2) is 16.9 Å². The maximum atomic E-state index is 12.5. The maximum absolute atomic E-state index is 12.5. The van der Waals surface area contributed by atoms with E-state index in [4.69, 9.17) is 9.26 Å². The van der Waals surface area contributed by atoms with Gasteiger partial charge in [-0.3, -0.25) is 14.6 Å². The van der Waals surface area contributed by atoms with Crippen LogP contribution in [-0.4, -0.2) is 81.6 Å². The van der Waals surface area contributed by atoms with Crippen molar-refractivity contribution >= 4 is 11.8 Å². The standard InChI is InChI=1S/C20H26N6O4/c1-13-9-22-16(10-21-13)20(28)26-11-15(12-26)18-23-17(24-30-18)3-6-25(2)19(27)14-4-7-29-8-5-14/h9-10,14-15H,3-8,11-12H2,1-2H3. The quantitative estimate of drug-likeness (QED) is 0.683. The van der Waals surface area contributed by atoms with Gasteiger partial charge < -0.3 is 19.1 Å². The molecule has 0 N–H and O–H groups in total. The van der Waals surface area contributed by atoms with E-state index in [1.807, 2.05) is 14.0 Å². The third-order valence-electron chi connectivity index (χ3n) is 5.62. The van der Waals surface area contributed by atoms with Crippen LogP contribution in [0.5, 0.6) is 0 Å². The first kappa shape index (κ1) is 20.4. The van der Waals surface area contributed by atoms with Gasteiger partial charge in [0.2, 0.25) is 11.8 Å². The van der Waals surface area contributed by atoms with Crippen LogP contribution in [0.3, 0.4) is 0 Å². The molecule has 4 heterocycles. The molecule has 10 heteroatoms. The zero-order valence-corrected chi connectivity index (χ0v) is 17.3. The van der Waals surface area contributed by atoms with Gasteiger partial charge in [-0.15, -0.1) is 0 Å². The van der Waals surface area contributed by atoms with Gasteiger partial charge in [-0.25, -0.2) is 4.98 Å². The first-order chi connectivity index (χ1) is 14.5. The van der Waals surface area contributed by atoms with Gasteiger partial charge in [-0.05, 0) is 19.8 Å². The third kappa shape index (κ3) is 4.48. The van der Waals surface area contributed by atoms with Gasteiger partial charge >= 0.3 is 0 Å².